The van der Waals surface area contributed by atoms with E-state index in [0.717, 1.165) is 30.2 Å². The Morgan fingerprint density at radius 1 is 1.27 bits per heavy atom. The fourth-order valence-electron chi connectivity index (χ4n) is 3.24. The highest BCUT2D eigenvalue weighted by Gasteiger charge is 2.27. The number of methoxy groups -OCH3 is 1. The number of nitrogens with one attached hydrogen (secondary N) is 1. The standard InChI is InChI=1S/C16H23N3O3/c1-11-9-18(10-12(2)17-11)14-8-13(4-5-15(14)21-3)19-6-7-22-16(19)20/h4-5,8,11-12,17H,6-7,9-10H2,1-3H3. The van der Waals surface area contributed by atoms with Gasteiger partial charge in [0, 0.05) is 30.9 Å². The molecule has 0 aromatic heterocycles. The summed E-state index contributed by atoms with van der Waals surface area (Å²) in [7, 11) is 1.68. The Bertz CT molecular complexity index is 554. The molecule has 2 heterocycles. The van der Waals surface area contributed by atoms with Crippen molar-refractivity contribution in [2.75, 3.05) is 43.2 Å². The number of carbonyl (C=O) groups is 1. The summed E-state index contributed by atoms with van der Waals surface area (Å²) in [6.07, 6.45) is -0.279. The minimum absolute atomic E-state index is 0.279. The third-order valence-corrected chi connectivity index (χ3v) is 4.13. The summed E-state index contributed by atoms with van der Waals surface area (Å²) in [6, 6.07) is 6.68. The Balaban J connectivity index is 1.92. The molecule has 2 aliphatic rings. The van der Waals surface area contributed by atoms with E-state index in [9.17, 15) is 4.79 Å². The number of hydrogen-bond donors (Lipinski definition) is 1. The number of nitrogens with zero attached hydrogens (tertiary/aromatic N) is 2. The molecule has 120 valence electrons. The SMILES string of the molecule is COc1ccc(N2CCOC2=O)cc1N1CC(C)NC(C)C1. The summed E-state index contributed by atoms with van der Waals surface area (Å²) >= 11 is 0. The molecular weight excluding hydrogens is 282 g/mol. The molecule has 2 atom stereocenters. The van der Waals surface area contributed by atoms with Crippen molar-refractivity contribution in [3.8, 4) is 5.75 Å². The lowest BCUT2D eigenvalue weighted by atomic mass is 10.1. The highest BCUT2D eigenvalue weighted by atomic mass is 16.6. The zero-order valence-electron chi connectivity index (χ0n) is 13.3. The molecule has 2 unspecified atom stereocenters. The summed E-state index contributed by atoms with van der Waals surface area (Å²) in [5.41, 5.74) is 1.89. The molecule has 0 radical (unpaired) electrons. The van der Waals surface area contributed by atoms with Crippen LogP contribution in [0.15, 0.2) is 18.2 Å². The van der Waals surface area contributed by atoms with Crippen molar-refractivity contribution >= 4 is 17.5 Å². The number of hydrogen-bond acceptors (Lipinski definition) is 5. The van der Waals surface area contributed by atoms with E-state index in [-0.39, 0.29) is 6.09 Å². The van der Waals surface area contributed by atoms with Gasteiger partial charge in [-0.05, 0) is 32.0 Å². The first kappa shape index (κ1) is 15.0. The number of piperazine rings is 1. The Morgan fingerprint density at radius 2 is 2.00 bits per heavy atom. The summed E-state index contributed by atoms with van der Waals surface area (Å²) < 4.78 is 10.5. The average molecular weight is 305 g/mol. The second kappa shape index (κ2) is 6.04. The van der Waals surface area contributed by atoms with Gasteiger partial charge in [0.2, 0.25) is 0 Å². The van der Waals surface area contributed by atoms with Crippen molar-refractivity contribution in [1.29, 1.82) is 0 Å². The van der Waals surface area contributed by atoms with Gasteiger partial charge in [-0.2, -0.15) is 0 Å². The first-order valence-electron chi connectivity index (χ1n) is 7.72. The predicted molar refractivity (Wildman–Crippen MR) is 86.0 cm³/mol. The van der Waals surface area contributed by atoms with Crippen LogP contribution in [0.25, 0.3) is 0 Å². The third kappa shape index (κ3) is 2.83. The number of ether oxygens (including phenoxy) is 2. The van der Waals surface area contributed by atoms with E-state index < -0.39 is 0 Å². The van der Waals surface area contributed by atoms with Crippen LogP contribution in [-0.4, -0.2) is 51.5 Å². The lowest BCUT2D eigenvalue weighted by Crippen LogP contribution is -2.54. The van der Waals surface area contributed by atoms with Crippen LogP contribution in [0.3, 0.4) is 0 Å². The number of cyclic esters (lactones) is 1. The topological polar surface area (TPSA) is 54.0 Å². The fourth-order valence-corrected chi connectivity index (χ4v) is 3.24. The van der Waals surface area contributed by atoms with Crippen molar-refractivity contribution < 1.29 is 14.3 Å². The summed E-state index contributed by atoms with van der Waals surface area (Å²) in [4.78, 5) is 15.7. The van der Waals surface area contributed by atoms with Crippen molar-refractivity contribution in [3.63, 3.8) is 0 Å². The minimum Gasteiger partial charge on any atom is -0.495 e. The highest BCUT2D eigenvalue weighted by Crippen LogP contribution is 2.34. The normalized spacial score (nSPS) is 25.3. The molecule has 0 spiro atoms. The van der Waals surface area contributed by atoms with E-state index in [1.165, 1.54) is 0 Å². The zero-order valence-corrected chi connectivity index (χ0v) is 13.3. The number of rotatable bonds is 3. The Kier molecular flexibility index (Phi) is 4.11. The monoisotopic (exact) mass is 305 g/mol. The maximum atomic E-state index is 11.8. The van der Waals surface area contributed by atoms with E-state index in [2.05, 4.69) is 24.1 Å². The Morgan fingerprint density at radius 3 is 2.59 bits per heavy atom. The van der Waals surface area contributed by atoms with E-state index in [0.29, 0.717) is 25.2 Å². The molecule has 3 rings (SSSR count). The molecule has 0 aliphatic carbocycles. The predicted octanol–water partition coefficient (Wildman–Crippen LogP) is 1.84. The van der Waals surface area contributed by atoms with Gasteiger partial charge in [-0.25, -0.2) is 4.79 Å². The second-order valence-corrected chi connectivity index (χ2v) is 6.00. The van der Waals surface area contributed by atoms with E-state index >= 15 is 0 Å². The third-order valence-electron chi connectivity index (χ3n) is 4.13. The Hall–Kier alpha value is -1.95. The molecule has 6 nitrogen and oxygen atoms in total. The van der Waals surface area contributed by atoms with Crippen molar-refractivity contribution in [2.24, 2.45) is 0 Å². The van der Waals surface area contributed by atoms with Gasteiger partial charge in [0.25, 0.3) is 0 Å². The molecule has 1 aromatic rings. The van der Waals surface area contributed by atoms with Gasteiger partial charge in [0.05, 0.1) is 19.3 Å². The number of benzene rings is 1. The maximum absolute atomic E-state index is 11.8. The zero-order chi connectivity index (χ0) is 15.7. The smallest absolute Gasteiger partial charge is 0.414 e. The summed E-state index contributed by atoms with van der Waals surface area (Å²) in [5, 5.41) is 3.53. The number of amides is 1. The summed E-state index contributed by atoms with van der Waals surface area (Å²) in [6.45, 7) is 7.22. The van der Waals surface area contributed by atoms with Gasteiger partial charge in [-0.3, -0.25) is 4.90 Å². The number of anilines is 2. The quantitative estimate of drug-likeness (QED) is 0.923. The molecule has 1 N–H and O–H groups in total. The van der Waals surface area contributed by atoms with Gasteiger partial charge in [-0.15, -0.1) is 0 Å². The van der Waals surface area contributed by atoms with Gasteiger partial charge >= 0.3 is 6.09 Å². The molecular formula is C16H23N3O3. The number of carbonyl (C=O) groups excluding carboxylic acids is 1. The van der Waals surface area contributed by atoms with Crippen LogP contribution in [0.5, 0.6) is 5.75 Å². The fraction of sp³-hybridized carbons (Fsp3) is 0.562. The van der Waals surface area contributed by atoms with Crippen LogP contribution in [-0.2, 0) is 4.74 Å². The van der Waals surface area contributed by atoms with Gasteiger partial charge in [-0.1, -0.05) is 0 Å². The van der Waals surface area contributed by atoms with Crippen LogP contribution in [0, 0.1) is 0 Å². The van der Waals surface area contributed by atoms with E-state index in [4.69, 9.17) is 9.47 Å². The lowest BCUT2D eigenvalue weighted by molar-refractivity contribution is 0.181. The molecule has 2 saturated heterocycles. The molecule has 0 saturated carbocycles. The van der Waals surface area contributed by atoms with Crippen molar-refractivity contribution in [3.05, 3.63) is 18.2 Å². The van der Waals surface area contributed by atoms with Crippen LogP contribution in [0.1, 0.15) is 13.8 Å². The lowest BCUT2D eigenvalue weighted by Gasteiger charge is -2.38. The highest BCUT2D eigenvalue weighted by molar-refractivity contribution is 5.90. The molecule has 0 bridgehead atoms. The first-order chi connectivity index (χ1) is 10.6. The van der Waals surface area contributed by atoms with Crippen LogP contribution in [0.2, 0.25) is 0 Å². The van der Waals surface area contributed by atoms with Crippen LogP contribution >= 0.6 is 0 Å². The summed E-state index contributed by atoms with van der Waals surface area (Å²) in [5.74, 6) is 0.831. The molecule has 6 heteroatoms. The van der Waals surface area contributed by atoms with Crippen molar-refractivity contribution in [1.82, 2.24) is 5.32 Å². The largest absolute Gasteiger partial charge is 0.495 e. The Labute approximate surface area is 131 Å². The minimum atomic E-state index is -0.279. The maximum Gasteiger partial charge on any atom is 0.414 e. The average Bonchev–Trinajstić information content (AvgIpc) is 2.91. The first-order valence-corrected chi connectivity index (χ1v) is 7.72. The second-order valence-electron chi connectivity index (χ2n) is 6.00. The van der Waals surface area contributed by atoms with Crippen LogP contribution < -0.4 is 19.9 Å². The van der Waals surface area contributed by atoms with Gasteiger partial charge in [0.1, 0.15) is 12.4 Å². The van der Waals surface area contributed by atoms with Gasteiger partial charge < -0.3 is 19.7 Å². The van der Waals surface area contributed by atoms with E-state index in [1.54, 1.807) is 12.0 Å². The molecule has 2 fully saturated rings. The van der Waals surface area contributed by atoms with Crippen molar-refractivity contribution in [2.45, 2.75) is 25.9 Å². The van der Waals surface area contributed by atoms with Crippen LogP contribution in [0.4, 0.5) is 16.2 Å². The van der Waals surface area contributed by atoms with Gasteiger partial charge in [0.15, 0.2) is 0 Å². The van der Waals surface area contributed by atoms with E-state index in [1.807, 2.05) is 18.2 Å². The molecule has 1 amide bonds. The molecule has 2 aliphatic heterocycles. The molecule has 1 aromatic carbocycles. The molecule has 22 heavy (non-hydrogen) atoms.